The molecule has 1 aromatic carbocycles. The number of pyridine rings is 1. The number of halogens is 5. The van der Waals surface area contributed by atoms with Gasteiger partial charge in [-0.25, -0.2) is 27.3 Å². The number of amides is 1. The van der Waals surface area contributed by atoms with Crippen LogP contribution in [0.1, 0.15) is 33.7 Å². The second kappa shape index (κ2) is 11.7. The quantitative estimate of drug-likeness (QED) is 0.135. The van der Waals surface area contributed by atoms with Crippen molar-refractivity contribution in [2.45, 2.75) is 39.8 Å². The molecule has 3 atom stereocenters. The van der Waals surface area contributed by atoms with Gasteiger partial charge in [-0.15, -0.1) is 0 Å². The smallest absolute Gasteiger partial charge is 0.351 e. The molecular formula is C30H30ClF4N7O2. The van der Waals surface area contributed by atoms with Crippen molar-refractivity contribution in [1.82, 2.24) is 19.4 Å². The first kappa shape index (κ1) is 31.2. The predicted octanol–water partition coefficient (Wildman–Crippen LogP) is 5.28. The number of nitrogens with two attached hydrogens (primary N) is 1. The van der Waals surface area contributed by atoms with E-state index in [2.05, 4.69) is 21.5 Å². The Morgan fingerprint density at radius 3 is 2.48 bits per heavy atom. The number of aliphatic imine (C=N–C) groups is 1. The molecule has 0 spiro atoms. The van der Waals surface area contributed by atoms with Crippen LogP contribution in [0, 0.1) is 35.1 Å². The van der Waals surface area contributed by atoms with Crippen molar-refractivity contribution >= 4 is 45.8 Å². The molecule has 4 heterocycles. The Balaban J connectivity index is 1.81. The highest BCUT2D eigenvalue weighted by atomic mass is 35.5. The second-order valence-electron chi connectivity index (χ2n) is 11.2. The van der Waals surface area contributed by atoms with Crippen LogP contribution in [-0.2, 0) is 4.79 Å². The number of allylic oxidation sites excluding steroid dienone is 1. The number of hydrogen-bond donors (Lipinski definition) is 1. The number of piperazine rings is 1. The van der Waals surface area contributed by atoms with Crippen LogP contribution in [0.4, 0.5) is 29.1 Å². The summed E-state index contributed by atoms with van der Waals surface area (Å²) in [4.78, 5) is 42.8. The zero-order chi connectivity index (χ0) is 32.2. The van der Waals surface area contributed by atoms with Crippen LogP contribution in [0.25, 0.3) is 22.3 Å². The number of anilines is 2. The maximum Gasteiger partial charge on any atom is 0.351 e. The van der Waals surface area contributed by atoms with Crippen molar-refractivity contribution in [1.29, 1.82) is 0 Å². The maximum absolute atomic E-state index is 15.9. The number of aromatic nitrogens is 3. The molecule has 1 amide bonds. The highest BCUT2D eigenvalue weighted by molar-refractivity contribution is 6.34. The van der Waals surface area contributed by atoms with Crippen molar-refractivity contribution < 1.29 is 22.4 Å². The van der Waals surface area contributed by atoms with Crippen LogP contribution >= 0.6 is 11.6 Å². The second-order valence-corrected chi connectivity index (χ2v) is 11.6. The van der Waals surface area contributed by atoms with Gasteiger partial charge in [-0.2, -0.15) is 4.98 Å². The van der Waals surface area contributed by atoms with E-state index in [9.17, 15) is 18.4 Å². The standard InChI is InChI=1S/C30H30ClF4N7O2/c1-6-18(43)41-10-9-40(12-15(41)5)28-16-11-17(32)26(19-21(33)23(35)22(34)20(31)24(19)36)38-29(16)42(30(44)39-28)27-14(4)7-8-37-25(27)13(2)3/h6-8,11,13-15,27H,1,9-10,12,36H2,2-5H3/t14?,15-,27?/m1/s1. The van der Waals surface area contributed by atoms with Gasteiger partial charge in [0.05, 0.1) is 22.7 Å². The van der Waals surface area contributed by atoms with Crippen LogP contribution < -0.4 is 16.3 Å². The Labute approximate surface area is 255 Å². The number of carbonyl (C=O) groups is 1. The molecule has 5 rings (SSSR count). The molecule has 0 aliphatic carbocycles. The number of hydrogen-bond acceptors (Lipinski definition) is 7. The first-order valence-electron chi connectivity index (χ1n) is 13.9. The molecule has 3 aromatic rings. The number of benzene rings is 1. The highest BCUT2D eigenvalue weighted by Gasteiger charge is 2.35. The molecule has 232 valence electrons. The summed E-state index contributed by atoms with van der Waals surface area (Å²) >= 11 is 5.83. The first-order valence-corrected chi connectivity index (χ1v) is 14.3. The Bertz CT molecular complexity index is 1790. The summed E-state index contributed by atoms with van der Waals surface area (Å²) in [5.74, 6) is -7.17. The Kier molecular flexibility index (Phi) is 8.27. The Hall–Kier alpha value is -4.26. The summed E-state index contributed by atoms with van der Waals surface area (Å²) in [7, 11) is 0. The van der Waals surface area contributed by atoms with Crippen molar-refractivity contribution in [2.75, 3.05) is 30.3 Å². The lowest BCUT2D eigenvalue weighted by Gasteiger charge is -2.40. The summed E-state index contributed by atoms with van der Waals surface area (Å²) in [6.07, 6.45) is 4.64. The van der Waals surface area contributed by atoms with E-state index in [0.717, 1.165) is 6.07 Å². The molecule has 2 aromatic heterocycles. The van der Waals surface area contributed by atoms with E-state index in [-0.39, 0.29) is 60.3 Å². The molecule has 0 bridgehead atoms. The van der Waals surface area contributed by atoms with Crippen LogP contribution in [0.15, 0.2) is 40.8 Å². The molecule has 2 N–H and O–H groups in total. The number of nitrogens with zero attached hydrogens (tertiary/aromatic N) is 6. The molecule has 14 heteroatoms. The molecule has 2 unspecified atom stereocenters. The van der Waals surface area contributed by atoms with E-state index < -0.39 is 57.0 Å². The van der Waals surface area contributed by atoms with Gasteiger partial charge in [0.2, 0.25) is 5.91 Å². The van der Waals surface area contributed by atoms with Gasteiger partial charge in [-0.3, -0.25) is 14.4 Å². The number of nitrogen functional groups attached to an aromatic ring is 1. The van der Waals surface area contributed by atoms with Crippen LogP contribution in [0.5, 0.6) is 0 Å². The monoisotopic (exact) mass is 631 g/mol. The zero-order valence-corrected chi connectivity index (χ0v) is 25.2. The Morgan fingerprint density at radius 2 is 1.84 bits per heavy atom. The van der Waals surface area contributed by atoms with Crippen LogP contribution in [0.2, 0.25) is 5.02 Å². The van der Waals surface area contributed by atoms with E-state index in [0.29, 0.717) is 5.71 Å². The molecule has 0 saturated carbocycles. The normalized spacial score (nSPS) is 20.4. The van der Waals surface area contributed by atoms with Crippen LogP contribution in [-0.4, -0.2) is 56.7 Å². The summed E-state index contributed by atoms with van der Waals surface area (Å²) < 4.78 is 61.0. The minimum Gasteiger partial charge on any atom is -0.397 e. The Morgan fingerprint density at radius 1 is 1.14 bits per heavy atom. The third kappa shape index (κ3) is 5.02. The fourth-order valence-corrected chi connectivity index (χ4v) is 6.02. The molecular weight excluding hydrogens is 602 g/mol. The van der Waals surface area contributed by atoms with Crippen molar-refractivity contribution in [3.63, 3.8) is 0 Å². The van der Waals surface area contributed by atoms with E-state index in [1.165, 1.54) is 10.6 Å². The zero-order valence-electron chi connectivity index (χ0n) is 24.4. The van der Waals surface area contributed by atoms with E-state index in [1.54, 1.807) is 22.1 Å². The van der Waals surface area contributed by atoms with Crippen molar-refractivity contribution in [2.24, 2.45) is 16.8 Å². The summed E-state index contributed by atoms with van der Waals surface area (Å²) in [5.41, 5.74) is 3.23. The molecule has 0 radical (unpaired) electrons. The lowest BCUT2D eigenvalue weighted by molar-refractivity contribution is -0.128. The first-order chi connectivity index (χ1) is 20.8. The topological polar surface area (TPSA) is 110 Å². The van der Waals surface area contributed by atoms with Gasteiger partial charge in [0, 0.05) is 43.5 Å². The molecule has 9 nitrogen and oxygen atoms in total. The number of rotatable bonds is 5. The van der Waals surface area contributed by atoms with E-state index in [1.807, 2.05) is 27.7 Å². The van der Waals surface area contributed by atoms with Gasteiger partial charge in [-0.05, 0) is 25.0 Å². The number of carbonyl (C=O) groups excluding carboxylic acids is 1. The predicted molar refractivity (Wildman–Crippen MR) is 162 cm³/mol. The minimum atomic E-state index is -1.95. The number of fused-ring (bicyclic) bond motifs is 1. The van der Waals surface area contributed by atoms with E-state index >= 15 is 8.78 Å². The van der Waals surface area contributed by atoms with Crippen molar-refractivity contribution in [3.8, 4) is 11.3 Å². The lowest BCUT2D eigenvalue weighted by atomic mass is 9.88. The lowest BCUT2D eigenvalue weighted by Crippen LogP contribution is -2.54. The summed E-state index contributed by atoms with van der Waals surface area (Å²) in [6.45, 7) is 11.8. The van der Waals surface area contributed by atoms with Gasteiger partial charge >= 0.3 is 5.69 Å². The SMILES string of the molecule is C=CC(=O)N1CCN(c2nc(=O)n(C3C(C(C)C)=NC=CC3C)c3nc(-c4c(N)c(Cl)c(F)c(F)c4F)c(F)cc23)C[C@H]1C. The summed E-state index contributed by atoms with van der Waals surface area (Å²) in [5, 5.41) is -0.840. The highest BCUT2D eigenvalue weighted by Crippen LogP contribution is 2.40. The fraction of sp³-hybridized carbons (Fsp3) is 0.367. The molecule has 2 aliphatic heterocycles. The largest absolute Gasteiger partial charge is 0.397 e. The third-order valence-electron chi connectivity index (χ3n) is 8.04. The molecule has 44 heavy (non-hydrogen) atoms. The molecule has 1 fully saturated rings. The summed E-state index contributed by atoms with van der Waals surface area (Å²) in [6, 6.07) is -0.0167. The average Bonchev–Trinajstić information content (AvgIpc) is 2.99. The minimum absolute atomic E-state index is 0.0931. The van der Waals surface area contributed by atoms with Gasteiger partial charge in [0.25, 0.3) is 0 Å². The fourth-order valence-electron chi connectivity index (χ4n) is 5.84. The maximum atomic E-state index is 15.9. The van der Waals surface area contributed by atoms with Gasteiger partial charge in [-0.1, -0.05) is 45.0 Å². The van der Waals surface area contributed by atoms with Crippen LogP contribution in [0.3, 0.4) is 0 Å². The average molecular weight is 632 g/mol. The van der Waals surface area contributed by atoms with Gasteiger partial charge < -0.3 is 15.5 Å². The molecule has 1 saturated heterocycles. The van der Waals surface area contributed by atoms with Gasteiger partial charge in [0.15, 0.2) is 23.3 Å². The van der Waals surface area contributed by atoms with Crippen molar-refractivity contribution in [3.05, 3.63) is 69.8 Å². The van der Waals surface area contributed by atoms with E-state index in [4.69, 9.17) is 17.3 Å². The molecule has 2 aliphatic rings. The van der Waals surface area contributed by atoms with Gasteiger partial charge in [0.1, 0.15) is 22.2 Å². The third-order valence-corrected chi connectivity index (χ3v) is 8.41.